The van der Waals surface area contributed by atoms with E-state index in [1.807, 2.05) is 55.5 Å². The Morgan fingerprint density at radius 1 is 0.714 bits per heavy atom. The van der Waals surface area contributed by atoms with Crippen molar-refractivity contribution in [1.29, 1.82) is 0 Å². The van der Waals surface area contributed by atoms with E-state index in [1.54, 1.807) is 0 Å². The molecule has 9 aromatic rings. The molecular formula is C49H44GeIrN4O-2. The van der Waals surface area contributed by atoms with Gasteiger partial charge in [0.25, 0.3) is 0 Å². The van der Waals surface area contributed by atoms with Crippen LogP contribution in [0.2, 0.25) is 17.3 Å². The average molecular weight is 970 g/mol. The van der Waals surface area contributed by atoms with E-state index in [0.717, 1.165) is 67.8 Å². The molecule has 0 fully saturated rings. The third-order valence-corrected chi connectivity index (χ3v) is 14.5. The number of furan rings is 1. The molecule has 0 atom stereocenters. The number of rotatable bonds is 6. The Balaban J connectivity index is 0.000000214. The maximum Gasteiger partial charge on any atom is 0.216 e. The fraction of sp³-hybridized carbons (Fsp3) is 0.163. The summed E-state index contributed by atoms with van der Waals surface area (Å²) in [6.07, 6.45) is 3.19. The first-order chi connectivity index (χ1) is 26.6. The number of aromatic nitrogens is 4. The van der Waals surface area contributed by atoms with Gasteiger partial charge in [-0.3, -0.25) is 4.98 Å². The molecular weight excluding hydrogens is 925 g/mol. The van der Waals surface area contributed by atoms with Crippen molar-refractivity contribution in [2.45, 2.75) is 51.4 Å². The van der Waals surface area contributed by atoms with Gasteiger partial charge in [0.2, 0.25) is 5.71 Å². The standard InChI is InChI=1S/C33H24N3O.C16H20GeN.Ir/c1-20-18-24(23-10-5-4-6-11-23)19-21(2)30(20)36-29-15-8-7-14-28(29)35-32(36)27-13-9-12-25-26-17-16-22(3)34-33(26)37-31(25)27;1-5-13-11-16(14-9-7-6-8-10-14)18-12-15(13)17(2,3)4;/h4-12,14-19H,1-3H3;6-9,11-12H,5H2,1-4H3;/q2*-1;. The Labute approximate surface area is 345 Å². The second-order valence-electron chi connectivity index (χ2n) is 15.2. The number of hydrogen-bond acceptors (Lipinski definition) is 4. The quantitative estimate of drug-likeness (QED) is 0.123. The van der Waals surface area contributed by atoms with E-state index in [1.165, 1.54) is 32.2 Å². The summed E-state index contributed by atoms with van der Waals surface area (Å²) in [6, 6.07) is 48.4. The largest absolute Gasteiger partial charge is 0.486 e. The van der Waals surface area contributed by atoms with Crippen LogP contribution in [0.25, 0.3) is 72.6 Å². The van der Waals surface area contributed by atoms with Gasteiger partial charge >= 0.3 is 113 Å². The molecule has 0 aliphatic rings. The van der Waals surface area contributed by atoms with Crippen LogP contribution in [0.3, 0.4) is 0 Å². The molecule has 0 aliphatic carbocycles. The predicted molar refractivity (Wildman–Crippen MR) is 231 cm³/mol. The number of fused-ring (bicyclic) bond motifs is 4. The van der Waals surface area contributed by atoms with Crippen LogP contribution >= 0.6 is 0 Å². The topological polar surface area (TPSA) is 56.7 Å². The van der Waals surface area contributed by atoms with Crippen molar-refractivity contribution in [3.05, 3.63) is 162 Å². The van der Waals surface area contributed by atoms with Gasteiger partial charge in [-0.25, -0.2) is 4.98 Å². The molecule has 0 saturated carbocycles. The minimum atomic E-state index is -1.80. The van der Waals surface area contributed by atoms with Crippen molar-refractivity contribution < 1.29 is 24.5 Å². The molecule has 4 heterocycles. The molecule has 4 aromatic heterocycles. The zero-order valence-electron chi connectivity index (χ0n) is 32.9. The second kappa shape index (κ2) is 16.1. The first-order valence-corrected chi connectivity index (χ1v) is 26.3. The molecule has 0 amide bonds. The Kier molecular flexibility index (Phi) is 11.3. The maximum absolute atomic E-state index is 6.35. The van der Waals surface area contributed by atoms with Crippen LogP contribution in [-0.4, -0.2) is 32.8 Å². The van der Waals surface area contributed by atoms with Gasteiger partial charge < -0.3 is 8.98 Å². The van der Waals surface area contributed by atoms with E-state index in [-0.39, 0.29) is 20.1 Å². The number of aryl methyl sites for hydroxylation is 4. The fourth-order valence-electron chi connectivity index (χ4n) is 7.57. The van der Waals surface area contributed by atoms with E-state index < -0.39 is 13.3 Å². The summed E-state index contributed by atoms with van der Waals surface area (Å²) in [7, 11) is 0. The molecule has 5 nitrogen and oxygen atoms in total. The average Bonchev–Trinajstić information content (AvgIpc) is 3.76. The minimum Gasteiger partial charge on any atom is -0.486 e. The van der Waals surface area contributed by atoms with Crippen LogP contribution in [0.5, 0.6) is 0 Å². The van der Waals surface area contributed by atoms with Crippen LogP contribution < -0.4 is 4.40 Å². The van der Waals surface area contributed by atoms with Crippen LogP contribution in [-0.2, 0) is 26.5 Å². The van der Waals surface area contributed by atoms with Gasteiger partial charge in [-0.1, -0.05) is 53.4 Å². The summed E-state index contributed by atoms with van der Waals surface area (Å²) in [5.74, 6) is 8.07. The number of benzene rings is 5. The third kappa shape index (κ3) is 7.54. The molecule has 0 aliphatic heterocycles. The molecule has 5 aromatic carbocycles. The number of imidazole rings is 1. The van der Waals surface area contributed by atoms with Gasteiger partial charge in [0.15, 0.2) is 0 Å². The number of pyridine rings is 2. The number of para-hydroxylation sites is 2. The molecule has 1 radical (unpaired) electrons. The van der Waals surface area contributed by atoms with Crippen molar-refractivity contribution in [2.75, 3.05) is 0 Å². The molecule has 9 rings (SSSR count). The molecule has 0 bridgehead atoms. The zero-order chi connectivity index (χ0) is 38.3. The van der Waals surface area contributed by atoms with Gasteiger partial charge in [0.05, 0.1) is 22.4 Å². The second-order valence-corrected chi connectivity index (χ2v) is 25.8. The van der Waals surface area contributed by atoms with Crippen LogP contribution in [0, 0.1) is 32.9 Å². The van der Waals surface area contributed by atoms with Gasteiger partial charge in [-0.05, 0) is 79.4 Å². The van der Waals surface area contributed by atoms with Crippen LogP contribution in [0.15, 0.2) is 132 Å². The Hall–Kier alpha value is -5.14. The van der Waals surface area contributed by atoms with Crippen LogP contribution in [0.4, 0.5) is 0 Å². The van der Waals surface area contributed by atoms with Crippen LogP contribution in [0.1, 0.15) is 29.3 Å². The van der Waals surface area contributed by atoms with Crippen molar-refractivity contribution in [1.82, 2.24) is 19.5 Å². The van der Waals surface area contributed by atoms with E-state index in [9.17, 15) is 0 Å². The van der Waals surface area contributed by atoms with Crippen molar-refractivity contribution in [3.63, 3.8) is 0 Å². The Morgan fingerprint density at radius 3 is 2.16 bits per heavy atom. The Bertz CT molecular complexity index is 2800. The smallest absolute Gasteiger partial charge is 0.216 e. The van der Waals surface area contributed by atoms with E-state index >= 15 is 0 Å². The SMILES string of the molecule is CCc1cc(-c2[c-]cccc2)nc[c]1[Ge]([CH3])([CH3])[CH3].Cc1ccc2c(n1)oc1c(-c3nc4ccccc4n3-c3c(C)cc(-c4ccccc4)cc3C)[c-]ccc12.[Ir]. The number of hydrogen-bond donors (Lipinski definition) is 0. The molecule has 0 spiro atoms. The monoisotopic (exact) mass is 971 g/mol. The summed E-state index contributed by atoms with van der Waals surface area (Å²) >= 11 is -1.80. The van der Waals surface area contributed by atoms with Gasteiger partial charge in [0.1, 0.15) is 0 Å². The predicted octanol–water partition coefficient (Wildman–Crippen LogP) is 12.0. The Morgan fingerprint density at radius 2 is 1.45 bits per heavy atom. The summed E-state index contributed by atoms with van der Waals surface area (Å²) in [6.45, 7) is 8.55. The molecule has 0 saturated heterocycles. The van der Waals surface area contributed by atoms with Gasteiger partial charge in [0, 0.05) is 36.9 Å². The fourth-order valence-corrected chi connectivity index (χ4v) is 11.1. The first kappa shape index (κ1) is 39.1. The minimum absolute atomic E-state index is 0. The maximum atomic E-state index is 6.35. The molecule has 0 unspecified atom stereocenters. The number of nitrogens with zero attached hydrogens (tertiary/aromatic N) is 4. The van der Waals surface area contributed by atoms with Crippen molar-refractivity contribution in [3.8, 4) is 39.5 Å². The van der Waals surface area contributed by atoms with E-state index in [2.05, 4.69) is 144 Å². The third-order valence-electron chi connectivity index (χ3n) is 10.2. The zero-order valence-corrected chi connectivity index (χ0v) is 37.4. The summed E-state index contributed by atoms with van der Waals surface area (Å²) in [4.78, 5) is 14.4. The summed E-state index contributed by atoms with van der Waals surface area (Å²) in [5, 5.41) is 2.01. The van der Waals surface area contributed by atoms with Gasteiger partial charge in [-0.2, -0.15) is 0 Å². The first-order valence-electron chi connectivity index (χ1n) is 18.9. The van der Waals surface area contributed by atoms with Crippen molar-refractivity contribution in [2.24, 2.45) is 0 Å². The normalized spacial score (nSPS) is 11.4. The summed E-state index contributed by atoms with van der Waals surface area (Å²) < 4.78 is 10.1. The molecule has 7 heteroatoms. The molecule has 56 heavy (non-hydrogen) atoms. The summed E-state index contributed by atoms with van der Waals surface area (Å²) in [5.41, 5.74) is 14.6. The van der Waals surface area contributed by atoms with E-state index in [4.69, 9.17) is 9.40 Å². The molecule has 281 valence electrons. The van der Waals surface area contributed by atoms with Crippen molar-refractivity contribution >= 4 is 50.8 Å². The van der Waals surface area contributed by atoms with E-state index in [0.29, 0.717) is 5.71 Å². The molecule has 0 N–H and O–H groups in total. The van der Waals surface area contributed by atoms with Gasteiger partial charge in [-0.15, -0.1) is 18.2 Å².